The molecular formula is C19H21NO3S. The largest absolute Gasteiger partial charge is 0.497 e. The van der Waals surface area contributed by atoms with Gasteiger partial charge in [-0.05, 0) is 54.7 Å². The summed E-state index contributed by atoms with van der Waals surface area (Å²) in [6.45, 7) is 0. The van der Waals surface area contributed by atoms with E-state index < -0.39 is 0 Å². The average Bonchev–Trinajstić information content (AvgIpc) is 3.07. The zero-order valence-corrected chi connectivity index (χ0v) is 14.7. The zero-order valence-electron chi connectivity index (χ0n) is 13.9. The zero-order chi connectivity index (χ0) is 16.9. The van der Waals surface area contributed by atoms with E-state index in [4.69, 9.17) is 9.47 Å². The lowest BCUT2D eigenvalue weighted by Gasteiger charge is -2.12. The first-order valence-corrected chi connectivity index (χ1v) is 8.94. The molecule has 0 aromatic heterocycles. The topological polar surface area (TPSA) is 47.6 Å². The predicted octanol–water partition coefficient (Wildman–Crippen LogP) is 3.92. The molecule has 1 aliphatic carbocycles. The van der Waals surface area contributed by atoms with E-state index in [1.165, 1.54) is 24.0 Å². The molecule has 0 saturated heterocycles. The first kappa shape index (κ1) is 16.7. The van der Waals surface area contributed by atoms with Gasteiger partial charge >= 0.3 is 0 Å². The van der Waals surface area contributed by atoms with Crippen molar-refractivity contribution in [2.24, 2.45) is 0 Å². The number of methoxy groups -OCH3 is 2. The monoisotopic (exact) mass is 343 g/mol. The van der Waals surface area contributed by atoms with E-state index in [1.54, 1.807) is 44.2 Å². The van der Waals surface area contributed by atoms with Crippen molar-refractivity contribution in [2.45, 2.75) is 24.2 Å². The minimum absolute atomic E-state index is 0.0629. The number of thioether (sulfide) groups is 1. The van der Waals surface area contributed by atoms with E-state index >= 15 is 0 Å². The van der Waals surface area contributed by atoms with Crippen LogP contribution >= 0.6 is 11.8 Å². The van der Waals surface area contributed by atoms with Gasteiger partial charge in [0.25, 0.3) is 0 Å². The van der Waals surface area contributed by atoms with Gasteiger partial charge in [0, 0.05) is 11.0 Å². The second-order valence-corrected chi connectivity index (χ2v) is 6.74. The number of benzene rings is 2. The Morgan fingerprint density at radius 2 is 1.92 bits per heavy atom. The third kappa shape index (κ3) is 3.85. The Morgan fingerprint density at radius 3 is 2.71 bits per heavy atom. The second kappa shape index (κ2) is 7.62. The standard InChI is InChI=1S/C19H21NO3S/c1-22-15-7-9-18(23-2)17(11-15)20-19(21)12-24-16-8-6-13-4-3-5-14(13)10-16/h6-11H,3-5,12H2,1-2H3,(H,20,21). The van der Waals surface area contributed by atoms with Gasteiger partial charge in [-0.25, -0.2) is 0 Å². The highest BCUT2D eigenvalue weighted by molar-refractivity contribution is 8.00. The summed E-state index contributed by atoms with van der Waals surface area (Å²) in [6.07, 6.45) is 3.56. The number of anilines is 1. The van der Waals surface area contributed by atoms with Crippen LogP contribution in [0.15, 0.2) is 41.3 Å². The van der Waals surface area contributed by atoms with E-state index in [9.17, 15) is 4.79 Å². The highest BCUT2D eigenvalue weighted by atomic mass is 32.2. The summed E-state index contributed by atoms with van der Waals surface area (Å²) >= 11 is 1.55. The Hall–Kier alpha value is -2.14. The average molecular weight is 343 g/mol. The maximum Gasteiger partial charge on any atom is 0.234 e. The van der Waals surface area contributed by atoms with Gasteiger partial charge in [0.15, 0.2) is 0 Å². The van der Waals surface area contributed by atoms with E-state index in [1.807, 2.05) is 0 Å². The number of aryl methyl sites for hydroxylation is 2. The van der Waals surface area contributed by atoms with Crippen LogP contribution in [0.2, 0.25) is 0 Å². The van der Waals surface area contributed by atoms with Crippen LogP contribution in [0, 0.1) is 0 Å². The van der Waals surface area contributed by atoms with Crippen molar-refractivity contribution >= 4 is 23.4 Å². The Bertz CT molecular complexity index is 745. The fourth-order valence-corrected chi connectivity index (χ4v) is 3.64. The highest BCUT2D eigenvalue weighted by Crippen LogP contribution is 2.30. The number of fused-ring (bicyclic) bond motifs is 1. The fourth-order valence-electron chi connectivity index (χ4n) is 2.88. The molecule has 24 heavy (non-hydrogen) atoms. The second-order valence-electron chi connectivity index (χ2n) is 5.69. The normalized spacial score (nSPS) is 12.6. The number of hydrogen-bond donors (Lipinski definition) is 1. The number of carbonyl (C=O) groups excluding carboxylic acids is 1. The van der Waals surface area contributed by atoms with Crippen molar-refractivity contribution in [1.29, 1.82) is 0 Å². The van der Waals surface area contributed by atoms with Crippen LogP contribution in [-0.4, -0.2) is 25.9 Å². The molecule has 3 rings (SSSR count). The summed E-state index contributed by atoms with van der Waals surface area (Å²) < 4.78 is 10.5. The van der Waals surface area contributed by atoms with Crippen LogP contribution in [0.5, 0.6) is 11.5 Å². The van der Waals surface area contributed by atoms with E-state index in [-0.39, 0.29) is 5.91 Å². The van der Waals surface area contributed by atoms with Crippen molar-refractivity contribution < 1.29 is 14.3 Å². The summed E-state index contributed by atoms with van der Waals surface area (Å²) in [6, 6.07) is 11.8. The van der Waals surface area contributed by atoms with Crippen LogP contribution in [0.3, 0.4) is 0 Å². The predicted molar refractivity (Wildman–Crippen MR) is 97.4 cm³/mol. The maximum atomic E-state index is 12.3. The number of rotatable bonds is 6. The molecule has 0 unspecified atom stereocenters. The molecule has 0 atom stereocenters. The van der Waals surface area contributed by atoms with Crippen molar-refractivity contribution in [2.75, 3.05) is 25.3 Å². The van der Waals surface area contributed by atoms with E-state index in [0.29, 0.717) is 22.9 Å². The minimum Gasteiger partial charge on any atom is -0.497 e. The van der Waals surface area contributed by atoms with E-state index in [0.717, 1.165) is 11.3 Å². The Morgan fingerprint density at radius 1 is 1.08 bits per heavy atom. The first-order chi connectivity index (χ1) is 11.7. The van der Waals surface area contributed by atoms with Crippen LogP contribution in [0.4, 0.5) is 5.69 Å². The van der Waals surface area contributed by atoms with Crippen LogP contribution < -0.4 is 14.8 Å². The number of amides is 1. The van der Waals surface area contributed by atoms with Crippen molar-refractivity contribution in [3.63, 3.8) is 0 Å². The van der Waals surface area contributed by atoms with Crippen molar-refractivity contribution in [3.05, 3.63) is 47.5 Å². The number of hydrogen-bond acceptors (Lipinski definition) is 4. The molecule has 1 amide bonds. The number of carbonyl (C=O) groups is 1. The molecule has 2 aromatic carbocycles. The minimum atomic E-state index is -0.0629. The van der Waals surface area contributed by atoms with Gasteiger partial charge in [-0.1, -0.05) is 6.07 Å². The SMILES string of the molecule is COc1ccc(OC)c(NC(=O)CSc2ccc3c(c2)CCC3)c1. The smallest absolute Gasteiger partial charge is 0.234 e. The maximum absolute atomic E-state index is 12.3. The summed E-state index contributed by atoms with van der Waals surface area (Å²) in [7, 11) is 3.17. The molecule has 126 valence electrons. The lowest BCUT2D eigenvalue weighted by Crippen LogP contribution is -2.14. The van der Waals surface area contributed by atoms with Crippen molar-refractivity contribution in [3.8, 4) is 11.5 Å². The molecule has 0 bridgehead atoms. The summed E-state index contributed by atoms with van der Waals surface area (Å²) in [4.78, 5) is 13.4. The molecule has 2 aromatic rings. The van der Waals surface area contributed by atoms with Gasteiger partial charge in [-0.2, -0.15) is 0 Å². The van der Waals surface area contributed by atoms with Gasteiger partial charge in [-0.15, -0.1) is 11.8 Å². The van der Waals surface area contributed by atoms with Crippen LogP contribution in [-0.2, 0) is 17.6 Å². The number of ether oxygens (including phenoxy) is 2. The summed E-state index contributed by atoms with van der Waals surface area (Å²) in [5.41, 5.74) is 3.50. The molecule has 0 spiro atoms. The summed E-state index contributed by atoms with van der Waals surface area (Å²) in [5.74, 6) is 1.59. The molecule has 0 fully saturated rings. The molecule has 4 nitrogen and oxygen atoms in total. The third-order valence-electron chi connectivity index (χ3n) is 4.12. The van der Waals surface area contributed by atoms with Crippen molar-refractivity contribution in [1.82, 2.24) is 0 Å². The molecule has 0 radical (unpaired) electrons. The quantitative estimate of drug-likeness (QED) is 0.808. The lowest BCUT2D eigenvalue weighted by atomic mass is 10.1. The molecule has 0 aliphatic heterocycles. The number of nitrogens with one attached hydrogen (secondary N) is 1. The fraction of sp³-hybridized carbons (Fsp3) is 0.316. The molecule has 1 N–H and O–H groups in total. The molecule has 0 heterocycles. The van der Waals surface area contributed by atoms with Gasteiger partial charge in [0.1, 0.15) is 11.5 Å². The van der Waals surface area contributed by atoms with Gasteiger partial charge in [0.2, 0.25) is 5.91 Å². The Balaban J connectivity index is 1.61. The van der Waals surface area contributed by atoms with Crippen LogP contribution in [0.1, 0.15) is 17.5 Å². The summed E-state index contributed by atoms with van der Waals surface area (Å²) in [5, 5.41) is 2.89. The van der Waals surface area contributed by atoms with Gasteiger partial charge in [-0.3, -0.25) is 4.79 Å². The first-order valence-electron chi connectivity index (χ1n) is 7.96. The molecule has 5 heteroatoms. The highest BCUT2D eigenvalue weighted by Gasteiger charge is 2.13. The third-order valence-corrected chi connectivity index (χ3v) is 5.11. The van der Waals surface area contributed by atoms with E-state index in [2.05, 4.69) is 23.5 Å². The van der Waals surface area contributed by atoms with Crippen LogP contribution in [0.25, 0.3) is 0 Å². The van der Waals surface area contributed by atoms with Gasteiger partial charge in [0.05, 0.1) is 25.7 Å². The molecule has 1 aliphatic rings. The van der Waals surface area contributed by atoms with Gasteiger partial charge < -0.3 is 14.8 Å². The Labute approximate surface area is 146 Å². The molecule has 0 saturated carbocycles. The lowest BCUT2D eigenvalue weighted by molar-refractivity contribution is -0.113. The molecular weight excluding hydrogens is 322 g/mol. The Kier molecular flexibility index (Phi) is 5.30.